The van der Waals surface area contributed by atoms with Crippen LogP contribution in [0.25, 0.3) is 0 Å². The average Bonchev–Trinajstić information content (AvgIpc) is 2.64. The molecule has 0 radical (unpaired) electrons. The molecule has 0 aromatic heterocycles. The van der Waals surface area contributed by atoms with Crippen LogP contribution in [0.15, 0.2) is 18.2 Å². The highest BCUT2D eigenvalue weighted by Gasteiger charge is 2.30. The van der Waals surface area contributed by atoms with Crippen molar-refractivity contribution in [3.8, 4) is 11.5 Å². The maximum atomic E-state index is 12.3. The molecular formula is C20H27NO5. The molecule has 3 rings (SSSR count). The van der Waals surface area contributed by atoms with Gasteiger partial charge in [0.1, 0.15) is 18.1 Å². The minimum absolute atomic E-state index is 0.112. The summed E-state index contributed by atoms with van der Waals surface area (Å²) in [5.41, 5.74) is 0.948. The number of carbonyl (C=O) groups is 2. The number of amides is 1. The molecule has 6 heteroatoms. The Morgan fingerprint density at radius 2 is 1.96 bits per heavy atom. The van der Waals surface area contributed by atoms with Gasteiger partial charge in [-0.15, -0.1) is 0 Å². The number of esters is 1. The molecule has 0 unspecified atom stereocenters. The molecule has 6 nitrogen and oxygen atoms in total. The third-order valence-corrected chi connectivity index (χ3v) is 5.07. The summed E-state index contributed by atoms with van der Waals surface area (Å²) in [6.45, 7) is 5.83. The topological polar surface area (TPSA) is 65.1 Å². The summed E-state index contributed by atoms with van der Waals surface area (Å²) in [5, 5.41) is 0. The molecule has 2 aliphatic heterocycles. The predicted molar refractivity (Wildman–Crippen MR) is 96.2 cm³/mol. The number of carbonyl (C=O) groups excluding carboxylic acids is 2. The number of benzene rings is 1. The molecule has 142 valence electrons. The quantitative estimate of drug-likeness (QED) is 0.770. The lowest BCUT2D eigenvalue weighted by molar-refractivity contribution is -0.157. The molecule has 0 N–H and O–H groups in total. The Balaban J connectivity index is 1.51. The number of nitrogens with zero attached hydrogens (tertiary/aromatic N) is 1. The van der Waals surface area contributed by atoms with E-state index >= 15 is 0 Å². The lowest BCUT2D eigenvalue weighted by Crippen LogP contribution is -2.44. The Morgan fingerprint density at radius 1 is 1.23 bits per heavy atom. The van der Waals surface area contributed by atoms with Crippen molar-refractivity contribution in [3.63, 3.8) is 0 Å². The minimum atomic E-state index is -0.386. The third kappa shape index (κ3) is 4.29. The molecule has 1 aromatic carbocycles. The van der Waals surface area contributed by atoms with Crippen molar-refractivity contribution in [3.05, 3.63) is 23.8 Å². The molecule has 2 aliphatic rings. The van der Waals surface area contributed by atoms with Crippen LogP contribution in [-0.4, -0.2) is 50.2 Å². The van der Waals surface area contributed by atoms with E-state index < -0.39 is 0 Å². The van der Waals surface area contributed by atoms with E-state index in [4.69, 9.17) is 14.2 Å². The van der Waals surface area contributed by atoms with Crippen LogP contribution in [0.3, 0.4) is 0 Å². The summed E-state index contributed by atoms with van der Waals surface area (Å²) in [6.07, 6.45) is 1.68. The van der Waals surface area contributed by atoms with Gasteiger partial charge in [0.2, 0.25) is 0 Å². The second-order valence-electron chi connectivity index (χ2n) is 7.54. The van der Waals surface area contributed by atoms with E-state index in [1.807, 2.05) is 23.1 Å². The summed E-state index contributed by atoms with van der Waals surface area (Å²) in [4.78, 5) is 26.5. The van der Waals surface area contributed by atoms with E-state index in [0.717, 1.165) is 36.6 Å². The SMILES string of the molecule is COc1ccc2c(c1)OC[C@@H](C(=O)OCC(=O)N1C[C@H](C)C[C@H](C)C1)C2. The molecular weight excluding hydrogens is 334 g/mol. The second kappa shape index (κ2) is 7.98. The molecule has 3 atom stereocenters. The predicted octanol–water partition coefficient (Wildman–Crippen LogP) is 2.29. The number of likely N-dealkylation sites (tertiary alicyclic amines) is 1. The first kappa shape index (κ1) is 18.5. The van der Waals surface area contributed by atoms with Gasteiger partial charge in [0, 0.05) is 19.2 Å². The number of hydrogen-bond donors (Lipinski definition) is 0. The molecule has 0 saturated carbocycles. The molecule has 0 spiro atoms. The number of methoxy groups -OCH3 is 1. The normalized spacial score (nSPS) is 25.0. The molecule has 0 aliphatic carbocycles. The lowest BCUT2D eigenvalue weighted by atomic mass is 9.92. The maximum absolute atomic E-state index is 12.3. The van der Waals surface area contributed by atoms with Gasteiger partial charge in [-0.05, 0) is 36.3 Å². The van der Waals surface area contributed by atoms with Crippen molar-refractivity contribution in [2.75, 3.05) is 33.4 Å². The van der Waals surface area contributed by atoms with E-state index in [0.29, 0.717) is 18.3 Å². The minimum Gasteiger partial charge on any atom is -0.497 e. The highest BCUT2D eigenvalue weighted by molar-refractivity contribution is 5.81. The summed E-state index contributed by atoms with van der Waals surface area (Å²) < 4.78 is 16.1. The monoisotopic (exact) mass is 361 g/mol. The van der Waals surface area contributed by atoms with Crippen LogP contribution < -0.4 is 9.47 Å². The van der Waals surface area contributed by atoms with Crippen LogP contribution >= 0.6 is 0 Å². The van der Waals surface area contributed by atoms with Crippen molar-refractivity contribution in [2.24, 2.45) is 17.8 Å². The summed E-state index contributed by atoms with van der Waals surface area (Å²) in [7, 11) is 1.60. The van der Waals surface area contributed by atoms with Gasteiger partial charge in [-0.2, -0.15) is 0 Å². The Morgan fingerprint density at radius 3 is 2.65 bits per heavy atom. The number of piperidine rings is 1. The van der Waals surface area contributed by atoms with Crippen molar-refractivity contribution in [1.82, 2.24) is 4.90 Å². The largest absolute Gasteiger partial charge is 0.497 e. The Hall–Kier alpha value is -2.24. The zero-order valence-corrected chi connectivity index (χ0v) is 15.7. The van der Waals surface area contributed by atoms with Gasteiger partial charge < -0.3 is 19.1 Å². The number of hydrogen-bond acceptors (Lipinski definition) is 5. The fourth-order valence-corrected chi connectivity index (χ4v) is 3.84. The van der Waals surface area contributed by atoms with Crippen LogP contribution in [-0.2, 0) is 20.7 Å². The Labute approximate surface area is 154 Å². The van der Waals surface area contributed by atoms with Crippen molar-refractivity contribution in [2.45, 2.75) is 26.7 Å². The molecule has 2 heterocycles. The third-order valence-electron chi connectivity index (χ3n) is 5.07. The summed E-state index contributed by atoms with van der Waals surface area (Å²) >= 11 is 0. The van der Waals surface area contributed by atoms with E-state index in [1.54, 1.807) is 7.11 Å². The zero-order valence-electron chi connectivity index (χ0n) is 15.7. The number of rotatable bonds is 4. The second-order valence-corrected chi connectivity index (χ2v) is 7.54. The van der Waals surface area contributed by atoms with Crippen LogP contribution in [0, 0.1) is 17.8 Å². The van der Waals surface area contributed by atoms with E-state index in [2.05, 4.69) is 13.8 Å². The van der Waals surface area contributed by atoms with Crippen LogP contribution in [0.1, 0.15) is 25.8 Å². The van der Waals surface area contributed by atoms with Crippen molar-refractivity contribution in [1.29, 1.82) is 0 Å². The molecule has 1 aromatic rings. The van der Waals surface area contributed by atoms with E-state index in [9.17, 15) is 9.59 Å². The fourth-order valence-electron chi connectivity index (χ4n) is 3.84. The van der Waals surface area contributed by atoms with Crippen LogP contribution in [0.2, 0.25) is 0 Å². The van der Waals surface area contributed by atoms with Crippen LogP contribution in [0.4, 0.5) is 0 Å². The smallest absolute Gasteiger partial charge is 0.313 e. The van der Waals surface area contributed by atoms with Crippen molar-refractivity contribution >= 4 is 11.9 Å². The number of fused-ring (bicyclic) bond motifs is 1. The average molecular weight is 361 g/mol. The van der Waals surface area contributed by atoms with Crippen molar-refractivity contribution < 1.29 is 23.8 Å². The highest BCUT2D eigenvalue weighted by atomic mass is 16.5. The molecule has 1 fully saturated rings. The Bertz CT molecular complexity index is 664. The lowest BCUT2D eigenvalue weighted by Gasteiger charge is -2.35. The van der Waals surface area contributed by atoms with Gasteiger partial charge in [0.15, 0.2) is 6.61 Å². The first-order valence-corrected chi connectivity index (χ1v) is 9.20. The van der Waals surface area contributed by atoms with E-state index in [-0.39, 0.29) is 31.0 Å². The standard InChI is InChI=1S/C20H27NO5/c1-13-6-14(2)10-21(9-13)19(22)12-26-20(23)16-7-15-4-5-17(24-3)8-18(15)25-11-16/h4-5,8,13-14,16H,6-7,9-12H2,1-3H3/t13-,14+,16-/m0/s1. The summed E-state index contributed by atoms with van der Waals surface area (Å²) in [6, 6.07) is 5.56. The fraction of sp³-hybridized carbons (Fsp3) is 0.600. The highest BCUT2D eigenvalue weighted by Crippen LogP contribution is 2.31. The van der Waals surface area contributed by atoms with Crippen LogP contribution in [0.5, 0.6) is 11.5 Å². The number of ether oxygens (including phenoxy) is 3. The molecule has 1 saturated heterocycles. The Kier molecular flexibility index (Phi) is 5.69. The van der Waals surface area contributed by atoms with Gasteiger partial charge in [-0.1, -0.05) is 19.9 Å². The summed E-state index contributed by atoms with van der Waals surface area (Å²) in [5.74, 6) is 1.55. The van der Waals surface area contributed by atoms with Gasteiger partial charge in [0.05, 0.1) is 13.0 Å². The zero-order chi connectivity index (χ0) is 18.7. The first-order chi connectivity index (χ1) is 12.5. The van der Waals surface area contributed by atoms with Gasteiger partial charge in [0.25, 0.3) is 5.91 Å². The van der Waals surface area contributed by atoms with Gasteiger partial charge in [-0.3, -0.25) is 9.59 Å². The van der Waals surface area contributed by atoms with Gasteiger partial charge >= 0.3 is 5.97 Å². The van der Waals surface area contributed by atoms with Gasteiger partial charge in [-0.25, -0.2) is 0 Å². The maximum Gasteiger partial charge on any atom is 0.313 e. The molecule has 26 heavy (non-hydrogen) atoms. The molecule has 1 amide bonds. The first-order valence-electron chi connectivity index (χ1n) is 9.20. The van der Waals surface area contributed by atoms with E-state index in [1.165, 1.54) is 0 Å². The molecule has 0 bridgehead atoms.